The van der Waals surface area contributed by atoms with Crippen molar-refractivity contribution in [2.24, 2.45) is 0 Å². The lowest BCUT2D eigenvalue weighted by Gasteiger charge is -2.09. The van der Waals surface area contributed by atoms with Crippen LogP contribution < -0.4 is 10.0 Å². The van der Waals surface area contributed by atoms with Crippen LogP contribution >= 0.6 is 0 Å². The molecule has 0 fully saturated rings. The van der Waals surface area contributed by atoms with E-state index in [-0.39, 0.29) is 0 Å². The Morgan fingerprint density at radius 3 is 2.92 bits per heavy atom. The van der Waals surface area contributed by atoms with Gasteiger partial charge in [-0.25, -0.2) is 0 Å². The van der Waals surface area contributed by atoms with Crippen molar-refractivity contribution < 1.29 is 4.73 Å². The Bertz CT molecular complexity index is 250. The summed E-state index contributed by atoms with van der Waals surface area (Å²) >= 11 is 0. The molecule has 0 radical (unpaired) electrons. The molecule has 0 spiro atoms. The van der Waals surface area contributed by atoms with Gasteiger partial charge in [0.25, 0.3) is 0 Å². The van der Waals surface area contributed by atoms with Crippen LogP contribution in [0.25, 0.3) is 0 Å². The second kappa shape index (κ2) is 4.07. The number of aromatic nitrogens is 1. The molecule has 0 saturated carbocycles. The molecule has 0 bridgehead atoms. The summed E-state index contributed by atoms with van der Waals surface area (Å²) in [4.78, 5) is 0. The van der Waals surface area contributed by atoms with Crippen LogP contribution in [-0.4, -0.2) is 13.1 Å². The molecular formula is C9H14N2O. The molecule has 1 heterocycles. The molecule has 3 heteroatoms. The maximum absolute atomic E-state index is 11.2. The molecule has 1 rings (SSSR count). The van der Waals surface area contributed by atoms with Gasteiger partial charge in [0.05, 0.1) is 0 Å². The fourth-order valence-electron chi connectivity index (χ4n) is 1.04. The Balaban J connectivity index is 2.69. The van der Waals surface area contributed by atoms with E-state index in [1.54, 1.807) is 6.07 Å². The van der Waals surface area contributed by atoms with Crippen LogP contribution in [0.4, 0.5) is 0 Å². The first kappa shape index (κ1) is 9.00. The predicted molar refractivity (Wildman–Crippen MR) is 47.6 cm³/mol. The highest BCUT2D eigenvalue weighted by Crippen LogP contribution is 1.95. The summed E-state index contributed by atoms with van der Waals surface area (Å²) in [5, 5.41) is 14.2. The highest BCUT2D eigenvalue weighted by molar-refractivity contribution is 4.99. The SMILES string of the molecule is CNC(C)Cc1cccc[n+]1[O-]. The number of nitrogens with one attached hydrogen (secondary N) is 1. The van der Waals surface area contributed by atoms with E-state index in [1.807, 2.05) is 26.1 Å². The van der Waals surface area contributed by atoms with Gasteiger partial charge in [-0.2, -0.15) is 4.73 Å². The zero-order chi connectivity index (χ0) is 8.97. The molecule has 1 unspecified atom stereocenters. The van der Waals surface area contributed by atoms with Crippen molar-refractivity contribution in [1.29, 1.82) is 0 Å². The Morgan fingerprint density at radius 1 is 1.58 bits per heavy atom. The molecule has 3 nitrogen and oxygen atoms in total. The Labute approximate surface area is 72.6 Å². The average molecular weight is 166 g/mol. The molecule has 0 aliphatic heterocycles. The van der Waals surface area contributed by atoms with Gasteiger partial charge in [0, 0.05) is 24.6 Å². The van der Waals surface area contributed by atoms with E-state index in [4.69, 9.17) is 0 Å². The summed E-state index contributed by atoms with van der Waals surface area (Å²) in [5.74, 6) is 0. The maximum atomic E-state index is 11.2. The van der Waals surface area contributed by atoms with Gasteiger partial charge in [-0.15, -0.1) is 0 Å². The van der Waals surface area contributed by atoms with E-state index in [1.165, 1.54) is 6.20 Å². The van der Waals surface area contributed by atoms with Crippen LogP contribution in [-0.2, 0) is 6.42 Å². The zero-order valence-electron chi connectivity index (χ0n) is 7.45. The van der Waals surface area contributed by atoms with Gasteiger partial charge in [0.15, 0.2) is 11.9 Å². The molecule has 0 amide bonds. The van der Waals surface area contributed by atoms with E-state index in [9.17, 15) is 5.21 Å². The maximum Gasteiger partial charge on any atom is 0.194 e. The lowest BCUT2D eigenvalue weighted by atomic mass is 10.2. The summed E-state index contributed by atoms with van der Waals surface area (Å²) < 4.78 is 0.911. The minimum absolute atomic E-state index is 0.340. The molecule has 1 aromatic heterocycles. The van der Waals surface area contributed by atoms with Crippen molar-refractivity contribution in [3.8, 4) is 0 Å². The third-order valence-electron chi connectivity index (χ3n) is 1.91. The summed E-state index contributed by atoms with van der Waals surface area (Å²) in [5.41, 5.74) is 0.805. The topological polar surface area (TPSA) is 39.0 Å². The fourth-order valence-corrected chi connectivity index (χ4v) is 1.04. The molecule has 1 N–H and O–H groups in total. The summed E-state index contributed by atoms with van der Waals surface area (Å²) in [7, 11) is 1.89. The third-order valence-corrected chi connectivity index (χ3v) is 1.91. The van der Waals surface area contributed by atoms with E-state index in [2.05, 4.69) is 5.32 Å². The summed E-state index contributed by atoms with van der Waals surface area (Å²) in [6.07, 6.45) is 2.29. The molecule has 1 aromatic rings. The molecule has 0 aromatic carbocycles. The molecule has 0 aliphatic rings. The van der Waals surface area contributed by atoms with Crippen LogP contribution in [0.1, 0.15) is 12.6 Å². The summed E-state index contributed by atoms with van der Waals surface area (Å²) in [6.45, 7) is 2.05. The Kier molecular flexibility index (Phi) is 3.05. The normalized spacial score (nSPS) is 12.8. The van der Waals surface area contributed by atoms with E-state index < -0.39 is 0 Å². The van der Waals surface area contributed by atoms with Crippen LogP contribution in [0.3, 0.4) is 0 Å². The zero-order valence-corrected chi connectivity index (χ0v) is 7.45. The molecule has 1 atom stereocenters. The molecule has 0 saturated heterocycles. The van der Waals surface area contributed by atoms with Crippen molar-refractivity contribution >= 4 is 0 Å². The quantitative estimate of drug-likeness (QED) is 0.523. The summed E-state index contributed by atoms with van der Waals surface area (Å²) in [6, 6.07) is 5.81. The molecule has 66 valence electrons. The van der Waals surface area contributed by atoms with Gasteiger partial charge in [0.1, 0.15) is 0 Å². The lowest BCUT2D eigenvalue weighted by Crippen LogP contribution is -2.35. The number of pyridine rings is 1. The Hall–Kier alpha value is -1.09. The van der Waals surface area contributed by atoms with Crippen LogP contribution in [0, 0.1) is 5.21 Å². The number of nitrogens with zero attached hydrogens (tertiary/aromatic N) is 1. The number of rotatable bonds is 3. The molecular weight excluding hydrogens is 152 g/mol. The van der Waals surface area contributed by atoms with Crippen molar-refractivity contribution in [2.45, 2.75) is 19.4 Å². The third kappa shape index (κ3) is 2.20. The van der Waals surface area contributed by atoms with Gasteiger partial charge in [-0.3, -0.25) is 0 Å². The minimum atomic E-state index is 0.340. The van der Waals surface area contributed by atoms with E-state index in [0.29, 0.717) is 6.04 Å². The van der Waals surface area contributed by atoms with Crippen molar-refractivity contribution in [3.05, 3.63) is 35.3 Å². The van der Waals surface area contributed by atoms with Gasteiger partial charge in [-0.05, 0) is 14.0 Å². The first-order valence-corrected chi connectivity index (χ1v) is 4.08. The van der Waals surface area contributed by atoms with Crippen molar-refractivity contribution in [2.75, 3.05) is 7.05 Å². The first-order valence-electron chi connectivity index (χ1n) is 4.08. The monoisotopic (exact) mass is 166 g/mol. The highest BCUT2D eigenvalue weighted by atomic mass is 16.5. The van der Waals surface area contributed by atoms with Gasteiger partial charge in [0.2, 0.25) is 0 Å². The molecule has 12 heavy (non-hydrogen) atoms. The highest BCUT2D eigenvalue weighted by Gasteiger charge is 2.07. The van der Waals surface area contributed by atoms with E-state index in [0.717, 1.165) is 16.8 Å². The molecule has 0 aliphatic carbocycles. The first-order chi connectivity index (χ1) is 5.74. The number of likely N-dealkylation sites (N-methyl/N-ethyl adjacent to an activating group) is 1. The Morgan fingerprint density at radius 2 is 2.33 bits per heavy atom. The smallest absolute Gasteiger partial charge is 0.194 e. The largest absolute Gasteiger partial charge is 0.619 e. The van der Waals surface area contributed by atoms with Crippen LogP contribution in [0.2, 0.25) is 0 Å². The van der Waals surface area contributed by atoms with Crippen molar-refractivity contribution in [1.82, 2.24) is 5.32 Å². The number of hydrogen-bond acceptors (Lipinski definition) is 2. The second-order valence-corrected chi connectivity index (χ2v) is 2.91. The van der Waals surface area contributed by atoms with E-state index >= 15 is 0 Å². The lowest BCUT2D eigenvalue weighted by molar-refractivity contribution is -0.614. The fraction of sp³-hybridized carbons (Fsp3) is 0.444. The average Bonchev–Trinajstić information content (AvgIpc) is 2.09. The van der Waals surface area contributed by atoms with Gasteiger partial charge < -0.3 is 10.5 Å². The van der Waals surface area contributed by atoms with Crippen LogP contribution in [0.5, 0.6) is 0 Å². The second-order valence-electron chi connectivity index (χ2n) is 2.91. The number of hydrogen-bond donors (Lipinski definition) is 1. The van der Waals surface area contributed by atoms with Gasteiger partial charge in [-0.1, -0.05) is 6.07 Å². The predicted octanol–water partition coefficient (Wildman–Crippen LogP) is 0.470. The van der Waals surface area contributed by atoms with Crippen molar-refractivity contribution in [3.63, 3.8) is 0 Å². The van der Waals surface area contributed by atoms with Gasteiger partial charge >= 0.3 is 0 Å². The minimum Gasteiger partial charge on any atom is -0.619 e. The van der Waals surface area contributed by atoms with Crippen LogP contribution in [0.15, 0.2) is 24.4 Å². The standard InChI is InChI=1S/C9H14N2O/c1-8(10-2)7-9-5-3-4-6-11(9)12/h3-6,8,10H,7H2,1-2H3.